The van der Waals surface area contributed by atoms with E-state index in [1.807, 2.05) is 0 Å². The molecule has 34 heavy (non-hydrogen) atoms. The number of alkyl halides is 6. The Kier molecular flexibility index (Phi) is 7.86. The molecular formula is C22H19F7N4O. The van der Waals surface area contributed by atoms with Gasteiger partial charge in [0.25, 0.3) is 5.91 Å². The van der Waals surface area contributed by atoms with E-state index in [1.54, 1.807) is 0 Å². The molecule has 2 N–H and O–H groups in total. The van der Waals surface area contributed by atoms with Gasteiger partial charge in [0.05, 0.1) is 22.4 Å². The van der Waals surface area contributed by atoms with Gasteiger partial charge in [-0.3, -0.25) is 4.79 Å². The summed E-state index contributed by atoms with van der Waals surface area (Å²) in [6.45, 7) is 6.45. The van der Waals surface area contributed by atoms with Crippen molar-refractivity contribution >= 4 is 17.2 Å². The van der Waals surface area contributed by atoms with Crippen LogP contribution in [-0.2, 0) is 17.1 Å². The van der Waals surface area contributed by atoms with Gasteiger partial charge in [-0.25, -0.2) is 9.99 Å². The number of carbonyl (C=O) groups excluding carboxylic acids is 1. The second-order valence-electron chi connectivity index (χ2n) is 7.25. The number of hydrogen-bond donors (Lipinski definition) is 1. The minimum atomic E-state index is -5.05. The Bertz CT molecular complexity index is 1100. The molecule has 0 fully saturated rings. The van der Waals surface area contributed by atoms with Crippen LogP contribution in [0.4, 0.5) is 30.7 Å². The van der Waals surface area contributed by atoms with E-state index in [1.165, 1.54) is 26.0 Å². The fourth-order valence-electron chi connectivity index (χ4n) is 2.84. The number of benzene rings is 1. The number of aromatic nitrogens is 1. The zero-order valence-corrected chi connectivity index (χ0v) is 17.9. The number of primary amides is 1. The maximum absolute atomic E-state index is 14.1. The molecule has 182 valence electrons. The minimum absolute atomic E-state index is 0.00297. The Morgan fingerprint density at radius 1 is 1.12 bits per heavy atom. The normalized spacial score (nSPS) is 13.2. The Hall–Kier alpha value is -3.70. The predicted octanol–water partition coefficient (Wildman–Crippen LogP) is 5.59. The number of nitrogens with two attached hydrogens (primary N) is 1. The Labute approximate surface area is 190 Å². The van der Waals surface area contributed by atoms with Crippen molar-refractivity contribution in [3.63, 3.8) is 0 Å². The number of nitrogens with zero attached hydrogens (tertiary/aromatic N) is 3. The standard InChI is InChI=1S/C22H19F7N4O/c1-4-33(11-17(20(30)34)16-6-5-7-31-19(16)23)32-18(12(2)3)13-8-14(21(24,25)26)10-15(9-13)22(27,28)29/h4-12H,1H2,2-3H3,(H2,30,34)/b17-11-,32-18+. The number of pyridine rings is 1. The highest BCUT2D eigenvalue weighted by molar-refractivity contribution is 6.18. The number of hydrogen-bond acceptors (Lipinski definition) is 4. The molecule has 0 aliphatic rings. The van der Waals surface area contributed by atoms with Gasteiger partial charge in [-0.1, -0.05) is 20.4 Å². The predicted molar refractivity (Wildman–Crippen MR) is 111 cm³/mol. The molecule has 5 nitrogen and oxygen atoms in total. The summed E-state index contributed by atoms with van der Waals surface area (Å²) in [5.41, 5.74) is 0.952. The zero-order chi connectivity index (χ0) is 25.8. The van der Waals surface area contributed by atoms with Gasteiger partial charge in [-0.05, 0) is 41.8 Å². The summed E-state index contributed by atoms with van der Waals surface area (Å²) in [5, 5.41) is 4.90. The maximum Gasteiger partial charge on any atom is 0.416 e. The van der Waals surface area contributed by atoms with E-state index in [2.05, 4.69) is 16.7 Å². The van der Waals surface area contributed by atoms with E-state index < -0.39 is 52.4 Å². The average molecular weight is 488 g/mol. The van der Waals surface area contributed by atoms with E-state index >= 15 is 0 Å². The van der Waals surface area contributed by atoms with Crippen molar-refractivity contribution in [2.75, 3.05) is 0 Å². The van der Waals surface area contributed by atoms with Crippen LogP contribution in [0.15, 0.2) is 60.6 Å². The first-order valence-electron chi connectivity index (χ1n) is 9.57. The first-order chi connectivity index (χ1) is 15.6. The molecule has 0 unspecified atom stereocenters. The SMILES string of the molecule is C=CN(/C=C(\C(N)=O)c1cccnc1F)/N=C(/c1cc(C(F)(F)F)cc(C(F)(F)F)c1)C(C)C. The third kappa shape index (κ3) is 6.42. The monoisotopic (exact) mass is 488 g/mol. The second kappa shape index (κ2) is 10.1. The Morgan fingerprint density at radius 2 is 1.68 bits per heavy atom. The molecule has 1 amide bonds. The van der Waals surface area contributed by atoms with E-state index in [9.17, 15) is 35.5 Å². The van der Waals surface area contributed by atoms with Gasteiger partial charge in [-0.2, -0.15) is 35.8 Å². The molecule has 1 aromatic carbocycles. The minimum Gasteiger partial charge on any atom is -0.366 e. The summed E-state index contributed by atoms with van der Waals surface area (Å²) in [4.78, 5) is 15.3. The summed E-state index contributed by atoms with van der Waals surface area (Å²) < 4.78 is 93.7. The second-order valence-corrected chi connectivity index (χ2v) is 7.25. The van der Waals surface area contributed by atoms with Crippen molar-refractivity contribution in [1.82, 2.24) is 9.99 Å². The number of carbonyl (C=O) groups is 1. The van der Waals surface area contributed by atoms with Gasteiger partial charge in [0.1, 0.15) is 0 Å². The third-order valence-electron chi connectivity index (χ3n) is 4.42. The summed E-state index contributed by atoms with van der Waals surface area (Å²) in [7, 11) is 0. The van der Waals surface area contributed by atoms with Gasteiger partial charge in [0.2, 0.25) is 5.95 Å². The largest absolute Gasteiger partial charge is 0.416 e. The molecule has 1 aromatic heterocycles. The molecule has 0 atom stereocenters. The molecule has 2 rings (SSSR count). The first-order valence-corrected chi connectivity index (χ1v) is 9.57. The summed E-state index contributed by atoms with van der Waals surface area (Å²) in [6.07, 6.45) is -7.02. The molecule has 0 aliphatic heterocycles. The number of hydrazone groups is 1. The lowest BCUT2D eigenvalue weighted by Gasteiger charge is -2.19. The molecule has 0 spiro atoms. The van der Waals surface area contributed by atoms with Crippen molar-refractivity contribution in [2.45, 2.75) is 26.2 Å². The highest BCUT2D eigenvalue weighted by atomic mass is 19.4. The van der Waals surface area contributed by atoms with Crippen LogP contribution < -0.4 is 5.73 Å². The lowest BCUT2D eigenvalue weighted by Crippen LogP contribution is -2.20. The molecular weight excluding hydrogens is 469 g/mol. The van der Waals surface area contributed by atoms with E-state index in [4.69, 9.17) is 5.73 Å². The lowest BCUT2D eigenvalue weighted by atomic mass is 9.95. The maximum atomic E-state index is 14.1. The molecule has 0 saturated carbocycles. The first kappa shape index (κ1) is 26.6. The summed E-state index contributed by atoms with van der Waals surface area (Å²) in [6, 6.07) is 3.61. The third-order valence-corrected chi connectivity index (χ3v) is 4.42. The lowest BCUT2D eigenvalue weighted by molar-refractivity contribution is -0.143. The van der Waals surface area contributed by atoms with Crippen molar-refractivity contribution in [3.8, 4) is 0 Å². The highest BCUT2D eigenvalue weighted by Crippen LogP contribution is 2.37. The molecule has 0 saturated heterocycles. The van der Waals surface area contributed by atoms with E-state index in [0.717, 1.165) is 23.6 Å². The van der Waals surface area contributed by atoms with Crippen molar-refractivity contribution in [3.05, 3.63) is 83.7 Å². The Morgan fingerprint density at radius 3 is 2.09 bits per heavy atom. The number of rotatable bonds is 7. The van der Waals surface area contributed by atoms with Crippen LogP contribution in [0.3, 0.4) is 0 Å². The van der Waals surface area contributed by atoms with Crippen LogP contribution in [0.1, 0.15) is 36.1 Å². The van der Waals surface area contributed by atoms with Crippen LogP contribution in [0.5, 0.6) is 0 Å². The van der Waals surface area contributed by atoms with Gasteiger partial charge in [-0.15, -0.1) is 0 Å². The smallest absolute Gasteiger partial charge is 0.366 e. The number of amides is 1. The van der Waals surface area contributed by atoms with Gasteiger partial charge in [0, 0.05) is 24.2 Å². The fraction of sp³-hybridized carbons (Fsp3) is 0.227. The number of halogens is 7. The summed E-state index contributed by atoms with van der Waals surface area (Å²) in [5.74, 6) is -2.79. The quantitative estimate of drug-likeness (QED) is 0.182. The molecule has 12 heteroatoms. The van der Waals surface area contributed by atoms with E-state index in [-0.39, 0.29) is 17.3 Å². The van der Waals surface area contributed by atoms with Gasteiger partial charge < -0.3 is 5.73 Å². The summed E-state index contributed by atoms with van der Waals surface area (Å²) >= 11 is 0. The molecule has 0 bridgehead atoms. The van der Waals surface area contributed by atoms with Crippen LogP contribution >= 0.6 is 0 Å². The van der Waals surface area contributed by atoms with Crippen molar-refractivity contribution in [2.24, 2.45) is 16.8 Å². The molecule has 0 aliphatic carbocycles. The fourth-order valence-corrected chi connectivity index (χ4v) is 2.84. The van der Waals surface area contributed by atoms with Crippen LogP contribution in [0.25, 0.3) is 5.57 Å². The molecule has 1 heterocycles. The molecule has 0 radical (unpaired) electrons. The average Bonchev–Trinajstić information content (AvgIpc) is 2.72. The molecule has 2 aromatic rings. The highest BCUT2D eigenvalue weighted by Gasteiger charge is 2.37. The van der Waals surface area contributed by atoms with Crippen LogP contribution in [0.2, 0.25) is 0 Å². The van der Waals surface area contributed by atoms with Crippen LogP contribution in [-0.4, -0.2) is 21.6 Å². The topological polar surface area (TPSA) is 71.6 Å². The Balaban J connectivity index is 2.72. The van der Waals surface area contributed by atoms with Crippen LogP contribution in [0, 0.1) is 11.9 Å². The van der Waals surface area contributed by atoms with Crippen molar-refractivity contribution < 1.29 is 35.5 Å². The van der Waals surface area contributed by atoms with E-state index in [0.29, 0.717) is 12.1 Å². The zero-order valence-electron chi connectivity index (χ0n) is 17.9. The van der Waals surface area contributed by atoms with Gasteiger partial charge >= 0.3 is 12.4 Å². The van der Waals surface area contributed by atoms with Crippen molar-refractivity contribution in [1.29, 1.82) is 0 Å². The van der Waals surface area contributed by atoms with Gasteiger partial charge in [0.15, 0.2) is 0 Å².